The number of aliphatic hydroxyl groups is 1. The second kappa shape index (κ2) is 13.0. The van der Waals surface area contributed by atoms with Crippen LogP contribution in [0.3, 0.4) is 0 Å². The van der Waals surface area contributed by atoms with Gasteiger partial charge in [-0.1, -0.05) is 26.0 Å². The molecule has 3 fully saturated rings. The van der Waals surface area contributed by atoms with Crippen molar-refractivity contribution in [3.8, 4) is 0 Å². The number of rotatable bonds is 15. The van der Waals surface area contributed by atoms with Gasteiger partial charge < -0.3 is 29.3 Å². The van der Waals surface area contributed by atoms with Crippen LogP contribution in [0.5, 0.6) is 0 Å². The van der Waals surface area contributed by atoms with E-state index in [2.05, 4.69) is 31.9 Å². The predicted molar refractivity (Wildman–Crippen MR) is 163 cm³/mol. The topological polar surface area (TPSA) is 99.6 Å². The average Bonchev–Trinajstić information content (AvgIpc) is 3.61. The Balaban J connectivity index is 1.79. The third-order valence-electron chi connectivity index (χ3n) is 9.62. The van der Waals surface area contributed by atoms with Crippen LogP contribution in [-0.2, 0) is 23.9 Å². The van der Waals surface area contributed by atoms with Crippen LogP contribution in [0.25, 0.3) is 0 Å². The van der Waals surface area contributed by atoms with E-state index in [1.54, 1.807) is 17.1 Å². The third-order valence-corrected chi connectivity index (χ3v) is 9.62. The quantitative estimate of drug-likeness (QED) is 0.189. The number of nitrogens with zero attached hydrogens (tertiary/aromatic N) is 3. The molecule has 0 saturated carbocycles. The van der Waals surface area contributed by atoms with Gasteiger partial charge in [0.05, 0.1) is 30.8 Å². The number of ether oxygens (including phenoxy) is 2. The standard InChI is InChI=1S/C33H47N3O6/c1-7-13-21-41-31(40)27-26-29(38)36(23(9-3)22-37)28(33(26)19-18-32(27,10-4)42-33)30(39)35(20-8-2)25-16-14-24(15-17-25)34(11-5)12-6/h7-8,14-17,23,26-28,37H,1-2,9-13,18-22H2,3-6H3/t23-,26-,27+,28?,32-,33?/m0/s1. The van der Waals surface area contributed by atoms with Gasteiger partial charge in [-0.2, -0.15) is 0 Å². The Morgan fingerprint density at radius 3 is 2.33 bits per heavy atom. The molecule has 4 rings (SSSR count). The van der Waals surface area contributed by atoms with Gasteiger partial charge in [-0.15, -0.1) is 13.2 Å². The first-order valence-electron chi connectivity index (χ1n) is 15.4. The van der Waals surface area contributed by atoms with Crippen molar-refractivity contribution in [3.63, 3.8) is 0 Å². The molecule has 230 valence electrons. The third kappa shape index (κ3) is 5.04. The summed E-state index contributed by atoms with van der Waals surface area (Å²) in [6.07, 6.45) is 5.81. The van der Waals surface area contributed by atoms with Crippen LogP contribution in [0.2, 0.25) is 0 Å². The Kier molecular flexibility index (Phi) is 9.83. The van der Waals surface area contributed by atoms with Crippen LogP contribution >= 0.6 is 0 Å². The Hall–Kier alpha value is -3.17. The maximum atomic E-state index is 14.7. The molecule has 2 unspecified atom stereocenters. The van der Waals surface area contributed by atoms with Gasteiger partial charge in [0.2, 0.25) is 5.91 Å². The lowest BCUT2D eigenvalue weighted by Crippen LogP contribution is -2.59. The number of anilines is 2. The van der Waals surface area contributed by atoms with Gasteiger partial charge in [-0.25, -0.2) is 0 Å². The van der Waals surface area contributed by atoms with E-state index < -0.39 is 41.1 Å². The lowest BCUT2D eigenvalue weighted by Gasteiger charge is -2.39. The van der Waals surface area contributed by atoms with Crippen LogP contribution in [0, 0.1) is 11.8 Å². The summed E-state index contributed by atoms with van der Waals surface area (Å²) in [5.41, 5.74) is -0.350. The second-order valence-corrected chi connectivity index (χ2v) is 11.5. The second-order valence-electron chi connectivity index (χ2n) is 11.5. The molecule has 3 heterocycles. The predicted octanol–water partition coefficient (Wildman–Crippen LogP) is 4.10. The monoisotopic (exact) mass is 581 g/mol. The van der Waals surface area contributed by atoms with Crippen molar-refractivity contribution in [1.82, 2.24) is 4.90 Å². The smallest absolute Gasteiger partial charge is 0.312 e. The van der Waals surface area contributed by atoms with E-state index in [9.17, 15) is 19.5 Å². The lowest BCUT2D eigenvalue weighted by atomic mass is 9.65. The molecule has 1 spiro atoms. The number of esters is 1. The largest absolute Gasteiger partial charge is 0.465 e. The summed E-state index contributed by atoms with van der Waals surface area (Å²) in [6, 6.07) is 6.20. The van der Waals surface area contributed by atoms with Crippen LogP contribution in [0.15, 0.2) is 49.6 Å². The van der Waals surface area contributed by atoms with E-state index in [1.165, 1.54) is 4.90 Å². The molecule has 0 radical (unpaired) electrons. The summed E-state index contributed by atoms with van der Waals surface area (Å²) < 4.78 is 12.5. The fraction of sp³-hybridized carbons (Fsp3) is 0.606. The normalized spacial score (nSPS) is 28.4. The minimum absolute atomic E-state index is 0.170. The number of amides is 2. The average molecular weight is 582 g/mol. The highest BCUT2D eigenvalue weighted by Gasteiger charge is 2.79. The molecule has 0 aliphatic carbocycles. The number of likely N-dealkylation sites (tertiary alicyclic amines) is 1. The summed E-state index contributed by atoms with van der Waals surface area (Å²) in [6.45, 7) is 17.4. The number of hydrogen-bond acceptors (Lipinski definition) is 7. The number of benzene rings is 1. The molecule has 9 nitrogen and oxygen atoms in total. The molecule has 2 bridgehead atoms. The number of carbonyl (C=O) groups is 3. The van der Waals surface area contributed by atoms with Crippen molar-refractivity contribution in [1.29, 1.82) is 0 Å². The van der Waals surface area contributed by atoms with Crippen molar-refractivity contribution in [3.05, 3.63) is 49.6 Å². The van der Waals surface area contributed by atoms with Crippen molar-refractivity contribution >= 4 is 29.2 Å². The molecular weight excluding hydrogens is 534 g/mol. The van der Waals surface area contributed by atoms with E-state index in [4.69, 9.17) is 9.47 Å². The zero-order valence-corrected chi connectivity index (χ0v) is 25.6. The number of fused-ring (bicyclic) bond motifs is 1. The molecule has 1 aromatic rings. The van der Waals surface area contributed by atoms with Crippen molar-refractivity contribution in [2.24, 2.45) is 11.8 Å². The lowest BCUT2D eigenvalue weighted by molar-refractivity contribution is -0.162. The highest BCUT2D eigenvalue weighted by Crippen LogP contribution is 2.65. The molecule has 0 aromatic heterocycles. The fourth-order valence-corrected chi connectivity index (χ4v) is 7.47. The first kappa shape index (κ1) is 31.8. The molecule has 6 atom stereocenters. The van der Waals surface area contributed by atoms with Crippen LogP contribution in [0.4, 0.5) is 11.4 Å². The highest BCUT2D eigenvalue weighted by atomic mass is 16.6. The summed E-state index contributed by atoms with van der Waals surface area (Å²) in [5, 5.41) is 10.4. The summed E-state index contributed by atoms with van der Waals surface area (Å²) >= 11 is 0. The highest BCUT2D eigenvalue weighted by molar-refractivity contribution is 6.05. The number of hydrogen-bond donors (Lipinski definition) is 1. The van der Waals surface area contributed by atoms with Gasteiger partial charge in [0, 0.05) is 31.0 Å². The van der Waals surface area contributed by atoms with Gasteiger partial charge in [0.15, 0.2) is 0 Å². The zero-order valence-electron chi connectivity index (χ0n) is 25.6. The maximum Gasteiger partial charge on any atom is 0.312 e. The first-order valence-corrected chi connectivity index (χ1v) is 15.4. The van der Waals surface area contributed by atoms with Crippen LogP contribution in [-0.4, -0.2) is 83.9 Å². The molecular formula is C33H47N3O6. The Labute approximate surface area is 250 Å². The fourth-order valence-electron chi connectivity index (χ4n) is 7.47. The van der Waals surface area contributed by atoms with E-state index in [0.717, 1.165) is 18.8 Å². The van der Waals surface area contributed by atoms with Crippen LogP contribution in [0.1, 0.15) is 59.8 Å². The van der Waals surface area contributed by atoms with E-state index in [-0.39, 0.29) is 31.6 Å². The Morgan fingerprint density at radius 1 is 1.12 bits per heavy atom. The van der Waals surface area contributed by atoms with E-state index in [0.29, 0.717) is 37.8 Å². The summed E-state index contributed by atoms with van der Waals surface area (Å²) in [7, 11) is 0. The molecule has 42 heavy (non-hydrogen) atoms. The van der Waals surface area contributed by atoms with Crippen LogP contribution < -0.4 is 9.80 Å². The molecule has 1 aromatic carbocycles. The van der Waals surface area contributed by atoms with Gasteiger partial charge in [-0.05, 0) is 70.2 Å². The van der Waals surface area contributed by atoms with Gasteiger partial charge >= 0.3 is 5.97 Å². The molecule has 9 heteroatoms. The Bertz CT molecular complexity index is 1160. The SMILES string of the molecule is C=CCCOC(=O)[C@H]1[C@H]2C(=O)N([C@@H](CC)CO)C(C(=O)N(CC=C)c3ccc(N(CC)CC)cc3)C23CC[C@]1(CC)O3. The van der Waals surface area contributed by atoms with Crippen molar-refractivity contribution < 1.29 is 29.0 Å². The molecule has 2 amide bonds. The van der Waals surface area contributed by atoms with Crippen molar-refractivity contribution in [2.45, 2.75) is 83.1 Å². The van der Waals surface area contributed by atoms with Gasteiger partial charge in [-0.3, -0.25) is 14.4 Å². The molecule has 3 saturated heterocycles. The first-order chi connectivity index (χ1) is 20.2. The van der Waals surface area contributed by atoms with Gasteiger partial charge in [0.25, 0.3) is 5.91 Å². The van der Waals surface area contributed by atoms with Crippen molar-refractivity contribution in [2.75, 3.05) is 42.6 Å². The number of aliphatic hydroxyl groups excluding tert-OH is 1. The maximum absolute atomic E-state index is 14.7. The minimum Gasteiger partial charge on any atom is -0.465 e. The molecule has 3 aliphatic heterocycles. The van der Waals surface area contributed by atoms with Gasteiger partial charge in [0.1, 0.15) is 17.6 Å². The van der Waals surface area contributed by atoms with E-state index >= 15 is 0 Å². The Morgan fingerprint density at radius 2 is 1.79 bits per heavy atom. The number of carbonyl (C=O) groups excluding carboxylic acids is 3. The zero-order chi connectivity index (χ0) is 30.7. The minimum atomic E-state index is -1.20. The summed E-state index contributed by atoms with van der Waals surface area (Å²) in [5.74, 6) is -2.80. The summed E-state index contributed by atoms with van der Waals surface area (Å²) in [4.78, 5) is 48.1. The molecule has 1 N–H and O–H groups in total. The molecule has 3 aliphatic rings. The van der Waals surface area contributed by atoms with E-state index in [1.807, 2.05) is 38.1 Å².